The second-order valence-corrected chi connectivity index (χ2v) is 7.11. The second kappa shape index (κ2) is 7.97. The molecule has 0 unspecified atom stereocenters. The Bertz CT molecular complexity index is 914. The van der Waals surface area contributed by atoms with E-state index in [1.165, 1.54) is 16.9 Å². The maximum Gasteiger partial charge on any atom is 0.338 e. The number of benzene rings is 2. The zero-order valence-electron chi connectivity index (χ0n) is 14.4. The Morgan fingerprint density at radius 1 is 1.04 bits per heavy atom. The average Bonchev–Trinajstić information content (AvgIpc) is 3.06. The number of hydrogen-bond acceptors (Lipinski definition) is 3. The molecule has 3 aromatic rings. The topological polar surface area (TPSA) is 66.4 Å². The quantitative estimate of drug-likeness (QED) is 0.646. The predicted molar refractivity (Wildman–Crippen MR) is 105 cm³/mol. The van der Waals surface area contributed by atoms with Gasteiger partial charge in [-0.3, -0.25) is 4.79 Å². The molecular weight excluding hydrogens is 346 g/mol. The summed E-state index contributed by atoms with van der Waals surface area (Å²) in [5, 5.41) is 12.6. The molecule has 0 saturated heterocycles. The van der Waals surface area contributed by atoms with Crippen LogP contribution < -0.4 is 5.32 Å². The van der Waals surface area contributed by atoms with E-state index < -0.39 is 5.97 Å². The summed E-state index contributed by atoms with van der Waals surface area (Å²) in [6, 6.07) is 19.2. The van der Waals surface area contributed by atoms with Gasteiger partial charge in [0, 0.05) is 11.3 Å². The predicted octanol–water partition coefficient (Wildman–Crippen LogP) is 4.99. The van der Waals surface area contributed by atoms with Crippen molar-refractivity contribution in [1.29, 1.82) is 0 Å². The van der Waals surface area contributed by atoms with Crippen molar-refractivity contribution in [2.24, 2.45) is 0 Å². The molecule has 0 spiro atoms. The summed E-state index contributed by atoms with van der Waals surface area (Å²) in [4.78, 5) is 24.6. The van der Waals surface area contributed by atoms with E-state index in [9.17, 15) is 14.7 Å². The molecule has 0 aliphatic carbocycles. The first-order valence-electron chi connectivity index (χ1n) is 8.31. The second-order valence-electron chi connectivity index (χ2n) is 6.06. The lowest BCUT2D eigenvalue weighted by Crippen LogP contribution is -2.13. The van der Waals surface area contributed by atoms with Crippen LogP contribution >= 0.6 is 11.3 Å². The van der Waals surface area contributed by atoms with Crippen molar-refractivity contribution < 1.29 is 14.7 Å². The molecule has 26 heavy (non-hydrogen) atoms. The van der Waals surface area contributed by atoms with E-state index in [4.69, 9.17) is 0 Å². The Hall–Kier alpha value is -2.92. The number of carboxylic acid groups (broad SMARTS) is 1. The maximum absolute atomic E-state index is 12.3. The molecule has 3 rings (SSSR count). The number of carbonyl (C=O) groups excluding carboxylic acids is 1. The Kier molecular flexibility index (Phi) is 5.49. The van der Waals surface area contributed by atoms with Crippen molar-refractivity contribution in [2.75, 3.05) is 5.32 Å². The van der Waals surface area contributed by atoms with Gasteiger partial charge in [0.25, 0.3) is 0 Å². The molecule has 5 heteroatoms. The molecule has 132 valence electrons. The van der Waals surface area contributed by atoms with Gasteiger partial charge in [0.15, 0.2) is 0 Å². The largest absolute Gasteiger partial charge is 0.478 e. The minimum absolute atomic E-state index is 0.123. The van der Waals surface area contributed by atoms with Crippen molar-refractivity contribution in [3.8, 4) is 10.4 Å². The van der Waals surface area contributed by atoms with Crippen LogP contribution in [0.2, 0.25) is 0 Å². The minimum atomic E-state index is -1.04. The standard InChI is InChI=1S/C21H19NO3S/c1-14-7-9-15(10-8-14)11-12-19(23)22-20-17(21(24)25)13-18(26-20)16-5-3-2-4-6-16/h2-10,13H,11-12H2,1H3,(H,22,23)(H,24,25). The highest BCUT2D eigenvalue weighted by Gasteiger charge is 2.18. The summed E-state index contributed by atoms with van der Waals surface area (Å²) < 4.78 is 0. The molecule has 2 N–H and O–H groups in total. The average molecular weight is 365 g/mol. The smallest absolute Gasteiger partial charge is 0.338 e. The first-order chi connectivity index (χ1) is 12.5. The van der Waals surface area contributed by atoms with E-state index in [1.807, 2.05) is 61.5 Å². The van der Waals surface area contributed by atoms with Gasteiger partial charge in [0.05, 0.1) is 5.56 Å². The third kappa shape index (κ3) is 4.37. The number of aromatic carboxylic acids is 1. The molecule has 4 nitrogen and oxygen atoms in total. The van der Waals surface area contributed by atoms with Gasteiger partial charge in [-0.15, -0.1) is 11.3 Å². The third-order valence-corrected chi connectivity index (χ3v) is 5.13. The summed E-state index contributed by atoms with van der Waals surface area (Å²) in [6.45, 7) is 2.02. The number of amides is 1. The lowest BCUT2D eigenvalue weighted by atomic mass is 10.1. The number of thiophene rings is 1. The first kappa shape index (κ1) is 17.9. The Morgan fingerprint density at radius 2 is 1.73 bits per heavy atom. The summed E-state index contributed by atoms with van der Waals surface area (Å²) in [7, 11) is 0. The van der Waals surface area contributed by atoms with Crippen LogP contribution in [0.4, 0.5) is 5.00 Å². The Balaban J connectivity index is 1.71. The van der Waals surface area contributed by atoms with Gasteiger partial charge in [0.2, 0.25) is 5.91 Å². The molecule has 0 aliphatic heterocycles. The molecule has 0 bridgehead atoms. The molecule has 0 fully saturated rings. The van der Waals surface area contributed by atoms with Crippen molar-refractivity contribution in [1.82, 2.24) is 0 Å². The van der Waals surface area contributed by atoms with Crippen molar-refractivity contribution in [2.45, 2.75) is 19.8 Å². The summed E-state index contributed by atoms with van der Waals surface area (Å²) >= 11 is 1.28. The SMILES string of the molecule is Cc1ccc(CCC(=O)Nc2sc(-c3ccccc3)cc2C(=O)O)cc1. The fourth-order valence-electron chi connectivity index (χ4n) is 2.59. The number of nitrogens with one attached hydrogen (secondary N) is 1. The summed E-state index contributed by atoms with van der Waals surface area (Å²) in [6.07, 6.45) is 0.923. The highest BCUT2D eigenvalue weighted by molar-refractivity contribution is 7.20. The summed E-state index contributed by atoms with van der Waals surface area (Å²) in [5.74, 6) is -1.23. The normalized spacial score (nSPS) is 10.5. The monoisotopic (exact) mass is 365 g/mol. The molecule has 1 heterocycles. The zero-order valence-corrected chi connectivity index (χ0v) is 15.2. The van der Waals surface area contributed by atoms with Gasteiger partial charge in [-0.05, 0) is 30.5 Å². The number of anilines is 1. The molecule has 1 aromatic heterocycles. The van der Waals surface area contributed by atoms with Gasteiger partial charge in [0.1, 0.15) is 5.00 Å². The van der Waals surface area contributed by atoms with Gasteiger partial charge in [-0.1, -0.05) is 60.2 Å². The van der Waals surface area contributed by atoms with E-state index in [2.05, 4.69) is 5.32 Å². The number of carbonyl (C=O) groups is 2. The molecule has 0 saturated carbocycles. The van der Waals surface area contributed by atoms with Gasteiger partial charge >= 0.3 is 5.97 Å². The van der Waals surface area contributed by atoms with E-state index in [0.717, 1.165) is 16.0 Å². The molecule has 0 aliphatic rings. The van der Waals surface area contributed by atoms with Crippen LogP contribution in [0.15, 0.2) is 60.7 Å². The van der Waals surface area contributed by atoms with E-state index in [0.29, 0.717) is 17.8 Å². The fourth-order valence-corrected chi connectivity index (χ4v) is 3.66. The molecular formula is C21H19NO3S. The van der Waals surface area contributed by atoms with Crippen LogP contribution in [0.1, 0.15) is 27.9 Å². The lowest BCUT2D eigenvalue weighted by molar-refractivity contribution is -0.116. The molecule has 2 aromatic carbocycles. The van der Waals surface area contributed by atoms with Gasteiger partial charge in [-0.25, -0.2) is 4.79 Å². The number of hydrogen-bond donors (Lipinski definition) is 2. The van der Waals surface area contributed by atoms with Crippen LogP contribution in [-0.2, 0) is 11.2 Å². The Labute approximate surface area is 156 Å². The van der Waals surface area contributed by atoms with Crippen molar-refractivity contribution in [3.05, 3.63) is 77.4 Å². The molecule has 1 amide bonds. The fraction of sp³-hybridized carbons (Fsp3) is 0.143. The summed E-state index contributed by atoms with van der Waals surface area (Å²) in [5.41, 5.74) is 3.31. The van der Waals surface area contributed by atoms with Crippen LogP contribution in [0, 0.1) is 6.92 Å². The van der Waals surface area contributed by atoms with Crippen molar-refractivity contribution >= 4 is 28.2 Å². The highest BCUT2D eigenvalue weighted by Crippen LogP contribution is 2.35. The van der Waals surface area contributed by atoms with Crippen LogP contribution in [0.5, 0.6) is 0 Å². The van der Waals surface area contributed by atoms with Crippen LogP contribution in [0.25, 0.3) is 10.4 Å². The Morgan fingerprint density at radius 3 is 2.38 bits per heavy atom. The van der Waals surface area contributed by atoms with E-state index >= 15 is 0 Å². The van der Waals surface area contributed by atoms with Crippen LogP contribution in [-0.4, -0.2) is 17.0 Å². The van der Waals surface area contributed by atoms with Crippen molar-refractivity contribution in [3.63, 3.8) is 0 Å². The minimum Gasteiger partial charge on any atom is -0.478 e. The third-order valence-electron chi connectivity index (χ3n) is 4.04. The van der Waals surface area contributed by atoms with E-state index in [1.54, 1.807) is 6.07 Å². The molecule has 0 atom stereocenters. The zero-order chi connectivity index (χ0) is 18.5. The van der Waals surface area contributed by atoms with Crippen LogP contribution in [0.3, 0.4) is 0 Å². The first-order valence-corrected chi connectivity index (χ1v) is 9.12. The molecule has 0 radical (unpaired) electrons. The number of rotatable bonds is 6. The highest BCUT2D eigenvalue weighted by atomic mass is 32.1. The number of carboxylic acids is 1. The van der Waals surface area contributed by atoms with Gasteiger partial charge in [-0.2, -0.15) is 0 Å². The van der Waals surface area contributed by atoms with Gasteiger partial charge < -0.3 is 10.4 Å². The number of aryl methyl sites for hydroxylation is 2. The van der Waals surface area contributed by atoms with E-state index in [-0.39, 0.29) is 11.5 Å². The maximum atomic E-state index is 12.3. The lowest BCUT2D eigenvalue weighted by Gasteiger charge is -2.05.